The van der Waals surface area contributed by atoms with Gasteiger partial charge in [0.2, 0.25) is 0 Å². The molecule has 0 atom stereocenters. The molecule has 0 spiro atoms. The molecule has 1 aromatic heterocycles. The van der Waals surface area contributed by atoms with E-state index < -0.39 is 0 Å². The predicted octanol–water partition coefficient (Wildman–Crippen LogP) is 4.47. The van der Waals surface area contributed by atoms with E-state index in [-0.39, 0.29) is 5.91 Å². The van der Waals surface area contributed by atoms with Crippen molar-refractivity contribution in [1.82, 2.24) is 9.78 Å². The van der Waals surface area contributed by atoms with Crippen LogP contribution >= 0.6 is 11.6 Å². The van der Waals surface area contributed by atoms with E-state index in [1.54, 1.807) is 31.5 Å². The van der Waals surface area contributed by atoms with Crippen LogP contribution in [0.2, 0.25) is 5.02 Å². The maximum Gasteiger partial charge on any atom is 0.259 e. The Balaban J connectivity index is 2.25. The molecular formula is C17H22ClN3O2. The monoisotopic (exact) mass is 335 g/mol. The molecule has 5 nitrogen and oxygen atoms in total. The third-order valence-electron chi connectivity index (χ3n) is 4.00. The number of methoxy groups -OCH3 is 1. The number of benzene rings is 1. The number of anilines is 1. The Kier molecular flexibility index (Phi) is 5.66. The van der Waals surface area contributed by atoms with Gasteiger partial charge in [-0.2, -0.15) is 5.10 Å². The Morgan fingerprint density at radius 2 is 2.09 bits per heavy atom. The number of hydrogen-bond donors (Lipinski definition) is 1. The van der Waals surface area contributed by atoms with Gasteiger partial charge in [0.25, 0.3) is 5.91 Å². The first-order valence-corrected chi connectivity index (χ1v) is 8.08. The summed E-state index contributed by atoms with van der Waals surface area (Å²) in [7, 11) is 1.57. The quantitative estimate of drug-likeness (QED) is 0.847. The first kappa shape index (κ1) is 17.3. The van der Waals surface area contributed by atoms with Gasteiger partial charge in [0, 0.05) is 11.8 Å². The van der Waals surface area contributed by atoms with Crippen LogP contribution in [-0.2, 0) is 0 Å². The highest BCUT2D eigenvalue weighted by molar-refractivity contribution is 6.34. The summed E-state index contributed by atoms with van der Waals surface area (Å²) in [4.78, 5) is 12.5. The molecule has 1 N–H and O–H groups in total. The summed E-state index contributed by atoms with van der Waals surface area (Å²) < 4.78 is 7.08. The molecule has 23 heavy (non-hydrogen) atoms. The molecule has 124 valence electrons. The van der Waals surface area contributed by atoms with Gasteiger partial charge in [-0.1, -0.05) is 25.4 Å². The summed E-state index contributed by atoms with van der Waals surface area (Å²) in [5, 5.41) is 7.66. The van der Waals surface area contributed by atoms with Crippen LogP contribution in [0.3, 0.4) is 0 Å². The van der Waals surface area contributed by atoms with Crippen LogP contribution < -0.4 is 10.1 Å². The van der Waals surface area contributed by atoms with Gasteiger partial charge >= 0.3 is 0 Å². The van der Waals surface area contributed by atoms with Crippen molar-refractivity contribution in [2.45, 2.75) is 39.7 Å². The van der Waals surface area contributed by atoms with E-state index in [9.17, 15) is 4.79 Å². The second kappa shape index (κ2) is 7.51. The summed E-state index contributed by atoms with van der Waals surface area (Å²) in [6, 6.07) is 5.43. The second-order valence-corrected chi connectivity index (χ2v) is 5.77. The smallest absolute Gasteiger partial charge is 0.259 e. The van der Waals surface area contributed by atoms with Gasteiger partial charge < -0.3 is 10.1 Å². The fourth-order valence-corrected chi connectivity index (χ4v) is 2.73. The first-order chi connectivity index (χ1) is 11.0. The highest BCUT2D eigenvalue weighted by atomic mass is 35.5. The van der Waals surface area contributed by atoms with Gasteiger partial charge in [0.15, 0.2) is 0 Å². The minimum atomic E-state index is -0.227. The molecule has 1 heterocycles. The van der Waals surface area contributed by atoms with Crippen molar-refractivity contribution in [3.8, 4) is 5.75 Å². The number of rotatable bonds is 6. The number of hydrogen-bond acceptors (Lipinski definition) is 3. The fraction of sp³-hybridized carbons (Fsp3) is 0.412. The molecule has 0 aliphatic rings. The molecule has 0 bridgehead atoms. The average Bonchev–Trinajstić information content (AvgIpc) is 2.93. The molecule has 0 aliphatic carbocycles. The van der Waals surface area contributed by atoms with Crippen molar-refractivity contribution in [3.05, 3.63) is 40.7 Å². The van der Waals surface area contributed by atoms with Crippen LogP contribution in [-0.4, -0.2) is 22.8 Å². The van der Waals surface area contributed by atoms with Gasteiger partial charge in [0.05, 0.1) is 35.6 Å². The minimum absolute atomic E-state index is 0.227. The Morgan fingerprint density at radius 3 is 2.70 bits per heavy atom. The predicted molar refractivity (Wildman–Crippen MR) is 92.5 cm³/mol. The highest BCUT2D eigenvalue weighted by Crippen LogP contribution is 2.27. The van der Waals surface area contributed by atoms with Gasteiger partial charge in [-0.15, -0.1) is 0 Å². The third-order valence-corrected chi connectivity index (χ3v) is 4.33. The van der Waals surface area contributed by atoms with Crippen molar-refractivity contribution >= 4 is 23.2 Å². The Morgan fingerprint density at radius 1 is 1.39 bits per heavy atom. The number of amides is 1. The fourth-order valence-electron chi connectivity index (χ4n) is 2.57. The van der Waals surface area contributed by atoms with Gasteiger partial charge in [-0.3, -0.25) is 9.48 Å². The molecule has 1 amide bonds. The molecule has 0 saturated carbocycles. The molecule has 2 aromatic rings. The average molecular weight is 336 g/mol. The van der Waals surface area contributed by atoms with E-state index in [1.807, 2.05) is 11.6 Å². The number of halogens is 1. The van der Waals surface area contributed by atoms with Crippen LogP contribution in [0.5, 0.6) is 5.75 Å². The van der Waals surface area contributed by atoms with Gasteiger partial charge in [0.1, 0.15) is 5.75 Å². The normalized spacial score (nSPS) is 10.9. The third kappa shape index (κ3) is 3.67. The summed E-state index contributed by atoms with van der Waals surface area (Å²) in [6.07, 6.45) is 3.56. The molecular weight excluding hydrogens is 314 g/mol. The van der Waals surface area contributed by atoms with Crippen molar-refractivity contribution in [2.24, 2.45) is 0 Å². The number of nitrogens with one attached hydrogen (secondary N) is 1. The number of aromatic nitrogens is 2. The van der Waals surface area contributed by atoms with Crippen LogP contribution in [0.15, 0.2) is 24.4 Å². The van der Waals surface area contributed by atoms with E-state index in [0.29, 0.717) is 28.1 Å². The van der Waals surface area contributed by atoms with E-state index in [2.05, 4.69) is 24.3 Å². The van der Waals surface area contributed by atoms with E-state index in [1.165, 1.54) is 0 Å². The van der Waals surface area contributed by atoms with Gasteiger partial charge in [-0.05, 0) is 31.9 Å². The SMILES string of the molecule is CCC(CC)n1ncc(C(=O)Nc2cc(OC)ccc2Cl)c1C. The lowest BCUT2D eigenvalue weighted by molar-refractivity contribution is 0.102. The number of ether oxygens (including phenoxy) is 1. The molecule has 6 heteroatoms. The summed E-state index contributed by atoms with van der Waals surface area (Å²) in [5.41, 5.74) is 1.93. The van der Waals surface area contributed by atoms with E-state index in [4.69, 9.17) is 16.3 Å². The molecule has 2 rings (SSSR count). The zero-order chi connectivity index (χ0) is 17.0. The molecule has 0 fully saturated rings. The largest absolute Gasteiger partial charge is 0.497 e. The maximum atomic E-state index is 12.5. The van der Waals surface area contributed by atoms with Crippen molar-refractivity contribution in [2.75, 3.05) is 12.4 Å². The van der Waals surface area contributed by atoms with Crippen molar-refractivity contribution < 1.29 is 9.53 Å². The summed E-state index contributed by atoms with van der Waals surface area (Å²) in [5.74, 6) is 0.406. The molecule has 0 saturated heterocycles. The summed E-state index contributed by atoms with van der Waals surface area (Å²) in [6.45, 7) is 6.14. The lowest BCUT2D eigenvalue weighted by Crippen LogP contribution is -2.15. The van der Waals surface area contributed by atoms with E-state index >= 15 is 0 Å². The second-order valence-electron chi connectivity index (χ2n) is 5.36. The zero-order valence-corrected chi connectivity index (χ0v) is 14.6. The number of carbonyl (C=O) groups excluding carboxylic acids is 1. The molecule has 0 aliphatic heterocycles. The van der Waals surface area contributed by atoms with Crippen molar-refractivity contribution in [1.29, 1.82) is 0 Å². The lowest BCUT2D eigenvalue weighted by Gasteiger charge is -2.15. The first-order valence-electron chi connectivity index (χ1n) is 7.70. The lowest BCUT2D eigenvalue weighted by atomic mass is 10.1. The van der Waals surface area contributed by atoms with Crippen molar-refractivity contribution in [3.63, 3.8) is 0 Å². The maximum absolute atomic E-state index is 12.5. The highest BCUT2D eigenvalue weighted by Gasteiger charge is 2.18. The summed E-state index contributed by atoms with van der Waals surface area (Å²) >= 11 is 6.13. The topological polar surface area (TPSA) is 56.2 Å². The minimum Gasteiger partial charge on any atom is -0.497 e. The molecule has 0 unspecified atom stereocenters. The number of nitrogens with zero attached hydrogens (tertiary/aromatic N) is 2. The van der Waals surface area contributed by atoms with E-state index in [0.717, 1.165) is 18.5 Å². The Labute approximate surface area is 141 Å². The van der Waals surface area contributed by atoms with Crippen LogP contribution in [0.1, 0.15) is 48.8 Å². The Bertz CT molecular complexity index is 693. The van der Waals surface area contributed by atoms with Crippen LogP contribution in [0.25, 0.3) is 0 Å². The standard InChI is InChI=1S/C17H22ClN3O2/c1-5-12(6-2)21-11(3)14(10-19-21)17(22)20-16-9-13(23-4)7-8-15(16)18/h7-10,12H,5-6H2,1-4H3,(H,20,22). The Hall–Kier alpha value is -2.01. The van der Waals surface area contributed by atoms with Crippen LogP contribution in [0, 0.1) is 6.92 Å². The van der Waals surface area contributed by atoms with Gasteiger partial charge in [-0.25, -0.2) is 0 Å². The molecule has 1 aromatic carbocycles. The van der Waals surface area contributed by atoms with Crippen LogP contribution in [0.4, 0.5) is 5.69 Å². The number of carbonyl (C=O) groups is 1. The zero-order valence-electron chi connectivity index (χ0n) is 13.9. The molecule has 0 radical (unpaired) electrons.